The summed E-state index contributed by atoms with van der Waals surface area (Å²) in [5.74, 6) is 0.790. The normalized spacial score (nSPS) is 10.9. The van der Waals surface area contributed by atoms with E-state index >= 15 is 0 Å². The number of nitrogens with zero attached hydrogens (tertiary/aromatic N) is 3. The van der Waals surface area contributed by atoms with Gasteiger partial charge in [0.25, 0.3) is 0 Å². The first-order chi connectivity index (χ1) is 12.5. The zero-order chi connectivity index (χ0) is 18.8. The van der Waals surface area contributed by atoms with Gasteiger partial charge in [-0.3, -0.25) is 9.67 Å². The Morgan fingerprint density at radius 3 is 2.46 bits per heavy atom. The summed E-state index contributed by atoms with van der Waals surface area (Å²) in [5, 5.41) is 7.41. The topological polar surface area (TPSA) is 62.9 Å². The molecule has 0 aliphatic rings. The zero-order valence-electron chi connectivity index (χ0n) is 15.7. The number of aryl methyl sites for hydroxylation is 2. The summed E-state index contributed by atoms with van der Waals surface area (Å²) in [4.78, 5) is 2.13. The molecule has 26 heavy (non-hydrogen) atoms. The molecule has 5 nitrogen and oxygen atoms in total. The molecular formula is C20H25N5S. The Balaban J connectivity index is 2.18. The molecule has 0 saturated carbocycles. The Hall–Kier alpha value is -2.60. The van der Waals surface area contributed by atoms with Gasteiger partial charge in [0.05, 0.1) is 5.69 Å². The third kappa shape index (κ3) is 3.24. The maximum atomic E-state index is 6.06. The number of aromatic nitrogens is 3. The fourth-order valence-corrected chi connectivity index (χ4v) is 3.43. The highest BCUT2D eigenvalue weighted by Gasteiger charge is 2.14. The highest BCUT2D eigenvalue weighted by molar-refractivity contribution is 7.71. The SMILES string of the molecule is CCc1cc(-c2n[nH]c(=S)n2-c2ccc(CC)c(N(C)C)c2)ccc1N. The molecule has 0 amide bonds. The average Bonchev–Trinajstić information content (AvgIpc) is 3.03. The van der Waals surface area contributed by atoms with E-state index in [0.717, 1.165) is 41.2 Å². The number of rotatable bonds is 5. The van der Waals surface area contributed by atoms with Gasteiger partial charge in [0.2, 0.25) is 0 Å². The molecule has 1 aromatic heterocycles. The van der Waals surface area contributed by atoms with E-state index < -0.39 is 0 Å². The number of benzene rings is 2. The van der Waals surface area contributed by atoms with Gasteiger partial charge in [-0.05, 0) is 66.5 Å². The quantitative estimate of drug-likeness (QED) is 0.519. The van der Waals surface area contributed by atoms with Gasteiger partial charge in [0.15, 0.2) is 10.6 Å². The summed E-state index contributed by atoms with van der Waals surface area (Å²) in [6.45, 7) is 4.26. The molecule has 1 heterocycles. The minimum atomic E-state index is 0.573. The standard InChI is InChI=1S/C20H25N5S/c1-5-13-7-9-16(12-18(13)24(3)4)25-19(22-23-20(25)26)15-8-10-17(21)14(6-2)11-15/h7-12H,5-6,21H2,1-4H3,(H,23,26). The largest absolute Gasteiger partial charge is 0.399 e. The second-order valence-electron chi connectivity index (χ2n) is 6.52. The molecule has 0 fully saturated rings. The van der Waals surface area contributed by atoms with Crippen molar-refractivity contribution in [3.05, 3.63) is 52.3 Å². The summed E-state index contributed by atoms with van der Waals surface area (Å²) in [6, 6.07) is 12.4. The molecule has 0 aliphatic carbocycles. The van der Waals surface area contributed by atoms with E-state index in [1.54, 1.807) is 0 Å². The fraction of sp³-hybridized carbons (Fsp3) is 0.300. The van der Waals surface area contributed by atoms with Crippen LogP contribution in [0.1, 0.15) is 25.0 Å². The van der Waals surface area contributed by atoms with Gasteiger partial charge in [-0.15, -0.1) is 0 Å². The predicted octanol–water partition coefficient (Wildman–Crippen LogP) is 4.37. The summed E-state index contributed by atoms with van der Waals surface area (Å²) in [7, 11) is 4.11. The van der Waals surface area contributed by atoms with Crippen LogP contribution < -0.4 is 10.6 Å². The van der Waals surface area contributed by atoms with Crippen LogP contribution in [-0.4, -0.2) is 28.9 Å². The Kier molecular flexibility index (Phi) is 5.13. The molecule has 3 rings (SSSR count). The molecule has 2 aromatic carbocycles. The average molecular weight is 368 g/mol. The number of nitrogens with one attached hydrogen (secondary N) is 1. The molecule has 0 saturated heterocycles. The zero-order valence-corrected chi connectivity index (χ0v) is 16.5. The third-order valence-corrected chi connectivity index (χ3v) is 4.92. The van der Waals surface area contributed by atoms with Crippen LogP contribution >= 0.6 is 12.2 Å². The number of hydrogen-bond acceptors (Lipinski definition) is 4. The smallest absolute Gasteiger partial charge is 0.200 e. The van der Waals surface area contributed by atoms with Crippen LogP contribution in [0.25, 0.3) is 17.1 Å². The van der Waals surface area contributed by atoms with E-state index in [0.29, 0.717) is 4.77 Å². The molecule has 0 unspecified atom stereocenters. The number of aromatic amines is 1. The molecule has 3 aromatic rings. The van der Waals surface area contributed by atoms with Crippen LogP contribution in [0.5, 0.6) is 0 Å². The summed E-state index contributed by atoms with van der Waals surface area (Å²) >= 11 is 5.52. The highest BCUT2D eigenvalue weighted by atomic mass is 32.1. The molecule has 0 bridgehead atoms. The van der Waals surface area contributed by atoms with Gasteiger partial charge >= 0.3 is 0 Å². The van der Waals surface area contributed by atoms with Gasteiger partial charge in [0.1, 0.15) is 0 Å². The predicted molar refractivity (Wildman–Crippen MR) is 112 cm³/mol. The molecule has 6 heteroatoms. The van der Waals surface area contributed by atoms with Crippen molar-refractivity contribution in [2.75, 3.05) is 24.7 Å². The van der Waals surface area contributed by atoms with Crippen molar-refractivity contribution in [1.29, 1.82) is 0 Å². The molecule has 0 aliphatic heterocycles. The Bertz CT molecular complexity index is 984. The number of H-pyrrole nitrogens is 1. The highest BCUT2D eigenvalue weighted by Crippen LogP contribution is 2.28. The van der Waals surface area contributed by atoms with Crippen molar-refractivity contribution in [2.24, 2.45) is 0 Å². The lowest BCUT2D eigenvalue weighted by atomic mass is 10.1. The number of anilines is 2. The minimum Gasteiger partial charge on any atom is -0.399 e. The fourth-order valence-electron chi connectivity index (χ4n) is 3.19. The van der Waals surface area contributed by atoms with E-state index in [9.17, 15) is 0 Å². The van der Waals surface area contributed by atoms with Crippen LogP contribution in [0.15, 0.2) is 36.4 Å². The maximum absolute atomic E-state index is 6.06. The Labute approximate surface area is 159 Å². The lowest BCUT2D eigenvalue weighted by Gasteiger charge is -2.19. The lowest BCUT2D eigenvalue weighted by Crippen LogP contribution is -2.12. The Morgan fingerprint density at radius 2 is 1.81 bits per heavy atom. The number of hydrogen-bond donors (Lipinski definition) is 2. The van der Waals surface area contributed by atoms with E-state index in [2.05, 4.69) is 67.3 Å². The van der Waals surface area contributed by atoms with E-state index in [-0.39, 0.29) is 0 Å². The monoisotopic (exact) mass is 367 g/mol. The van der Waals surface area contributed by atoms with Crippen LogP contribution in [0.4, 0.5) is 11.4 Å². The van der Waals surface area contributed by atoms with Crippen molar-refractivity contribution >= 4 is 23.6 Å². The maximum Gasteiger partial charge on any atom is 0.200 e. The van der Waals surface area contributed by atoms with Gasteiger partial charge in [0, 0.05) is 31.0 Å². The van der Waals surface area contributed by atoms with Crippen molar-refractivity contribution in [1.82, 2.24) is 14.8 Å². The first kappa shape index (κ1) is 18.2. The molecule has 0 atom stereocenters. The molecule has 0 spiro atoms. The first-order valence-electron chi connectivity index (χ1n) is 8.83. The van der Waals surface area contributed by atoms with E-state index in [4.69, 9.17) is 18.0 Å². The van der Waals surface area contributed by atoms with Crippen molar-refractivity contribution in [3.8, 4) is 17.1 Å². The summed E-state index contributed by atoms with van der Waals surface area (Å²) in [6.07, 6.45) is 1.86. The van der Waals surface area contributed by atoms with Crippen molar-refractivity contribution < 1.29 is 0 Å². The molecular weight excluding hydrogens is 342 g/mol. The van der Waals surface area contributed by atoms with Gasteiger partial charge in [-0.25, -0.2) is 0 Å². The van der Waals surface area contributed by atoms with E-state index in [1.165, 1.54) is 11.3 Å². The van der Waals surface area contributed by atoms with Crippen LogP contribution in [0.3, 0.4) is 0 Å². The Morgan fingerprint density at radius 1 is 1.08 bits per heavy atom. The van der Waals surface area contributed by atoms with Gasteiger partial charge in [-0.2, -0.15) is 5.10 Å². The van der Waals surface area contributed by atoms with E-state index in [1.807, 2.05) is 16.7 Å². The number of nitrogen functional groups attached to an aromatic ring is 1. The molecule has 3 N–H and O–H groups in total. The number of nitrogens with two attached hydrogens (primary N) is 1. The van der Waals surface area contributed by atoms with Crippen molar-refractivity contribution in [2.45, 2.75) is 26.7 Å². The first-order valence-corrected chi connectivity index (χ1v) is 9.23. The lowest BCUT2D eigenvalue weighted by molar-refractivity contribution is 1.01. The summed E-state index contributed by atoms with van der Waals surface area (Å²) in [5.41, 5.74) is 12.4. The van der Waals surface area contributed by atoms with Crippen molar-refractivity contribution in [3.63, 3.8) is 0 Å². The van der Waals surface area contributed by atoms with Gasteiger partial charge in [-0.1, -0.05) is 19.9 Å². The van der Waals surface area contributed by atoms with Crippen LogP contribution in [0, 0.1) is 4.77 Å². The van der Waals surface area contributed by atoms with Crippen LogP contribution in [0.2, 0.25) is 0 Å². The summed E-state index contributed by atoms with van der Waals surface area (Å²) < 4.78 is 2.55. The molecule has 0 radical (unpaired) electrons. The molecule has 136 valence electrons. The second kappa shape index (κ2) is 7.33. The van der Waals surface area contributed by atoms with Gasteiger partial charge < -0.3 is 10.6 Å². The second-order valence-corrected chi connectivity index (χ2v) is 6.90. The minimum absolute atomic E-state index is 0.573. The van der Waals surface area contributed by atoms with Crippen LogP contribution in [-0.2, 0) is 12.8 Å². The third-order valence-electron chi connectivity index (χ3n) is 4.64.